The van der Waals surface area contributed by atoms with Crippen LogP contribution in [0.2, 0.25) is 5.02 Å². The number of anilines is 1. The van der Waals surface area contributed by atoms with Crippen LogP contribution in [0.5, 0.6) is 0 Å². The fourth-order valence-corrected chi connectivity index (χ4v) is 3.20. The number of nitrogens with one attached hydrogen (secondary N) is 1. The van der Waals surface area contributed by atoms with E-state index in [2.05, 4.69) is 10.2 Å². The van der Waals surface area contributed by atoms with Gasteiger partial charge in [0.25, 0.3) is 5.91 Å². The van der Waals surface area contributed by atoms with Crippen molar-refractivity contribution in [2.24, 2.45) is 0 Å². The summed E-state index contributed by atoms with van der Waals surface area (Å²) in [6.45, 7) is 5.35. The van der Waals surface area contributed by atoms with Gasteiger partial charge in [0, 0.05) is 49.9 Å². The summed E-state index contributed by atoms with van der Waals surface area (Å²) in [5.41, 5.74) is 1.73. The lowest BCUT2D eigenvalue weighted by Crippen LogP contribution is -2.49. The molecule has 1 N–H and O–H groups in total. The Kier molecular flexibility index (Phi) is 5.96. The SMILES string of the molecule is Cc1cc(Cl)ccc1NC(=O)CCN1CCN(C(=O)c2ccco2)CC1. The number of halogens is 1. The fraction of sp³-hybridized carbons (Fsp3) is 0.368. The van der Waals surface area contributed by atoms with Crippen LogP contribution in [0.4, 0.5) is 5.69 Å². The third kappa shape index (κ3) is 4.65. The van der Waals surface area contributed by atoms with Gasteiger partial charge in [-0.25, -0.2) is 0 Å². The van der Waals surface area contributed by atoms with Crippen LogP contribution in [-0.2, 0) is 4.79 Å². The molecule has 26 heavy (non-hydrogen) atoms. The Hall–Kier alpha value is -2.31. The van der Waals surface area contributed by atoms with Crippen molar-refractivity contribution in [3.8, 4) is 0 Å². The maximum atomic E-state index is 12.2. The molecule has 2 aromatic rings. The molecule has 0 spiro atoms. The van der Waals surface area contributed by atoms with Crippen LogP contribution in [-0.4, -0.2) is 54.3 Å². The van der Waals surface area contributed by atoms with E-state index in [1.807, 2.05) is 19.1 Å². The number of furan rings is 1. The molecule has 0 radical (unpaired) electrons. The summed E-state index contributed by atoms with van der Waals surface area (Å²) in [4.78, 5) is 28.4. The summed E-state index contributed by atoms with van der Waals surface area (Å²) in [5, 5.41) is 3.58. The first-order valence-corrected chi connectivity index (χ1v) is 9.02. The molecule has 2 amide bonds. The van der Waals surface area contributed by atoms with Crippen molar-refractivity contribution in [2.75, 3.05) is 38.0 Å². The zero-order valence-electron chi connectivity index (χ0n) is 14.7. The predicted molar refractivity (Wildman–Crippen MR) is 100 cm³/mol. The number of hydrogen-bond acceptors (Lipinski definition) is 4. The van der Waals surface area contributed by atoms with Gasteiger partial charge in [-0.15, -0.1) is 0 Å². The highest BCUT2D eigenvalue weighted by molar-refractivity contribution is 6.30. The van der Waals surface area contributed by atoms with Crippen molar-refractivity contribution < 1.29 is 14.0 Å². The maximum absolute atomic E-state index is 12.2. The molecule has 3 rings (SSSR count). The van der Waals surface area contributed by atoms with E-state index in [1.165, 1.54) is 6.26 Å². The minimum atomic E-state index is -0.0781. The zero-order chi connectivity index (χ0) is 18.5. The van der Waals surface area contributed by atoms with Crippen molar-refractivity contribution in [1.82, 2.24) is 9.80 Å². The van der Waals surface area contributed by atoms with Crippen molar-refractivity contribution in [2.45, 2.75) is 13.3 Å². The minimum Gasteiger partial charge on any atom is -0.459 e. The summed E-state index contributed by atoms with van der Waals surface area (Å²) < 4.78 is 5.16. The normalized spacial score (nSPS) is 15.1. The van der Waals surface area contributed by atoms with E-state index >= 15 is 0 Å². The zero-order valence-corrected chi connectivity index (χ0v) is 15.5. The van der Waals surface area contributed by atoms with Gasteiger partial charge in [-0.05, 0) is 42.8 Å². The Morgan fingerprint density at radius 1 is 1.19 bits per heavy atom. The highest BCUT2D eigenvalue weighted by atomic mass is 35.5. The highest BCUT2D eigenvalue weighted by Gasteiger charge is 2.23. The molecule has 1 aliphatic heterocycles. The van der Waals surface area contributed by atoms with Crippen molar-refractivity contribution in [3.63, 3.8) is 0 Å². The number of nitrogens with zero attached hydrogens (tertiary/aromatic N) is 2. The molecule has 1 aromatic carbocycles. The molecule has 0 saturated carbocycles. The molecule has 138 valence electrons. The van der Waals surface area contributed by atoms with Gasteiger partial charge in [0.2, 0.25) is 5.91 Å². The number of amides is 2. The summed E-state index contributed by atoms with van der Waals surface area (Å²) in [6, 6.07) is 8.79. The molecule has 0 unspecified atom stereocenters. The monoisotopic (exact) mass is 375 g/mol. The molecular formula is C19H22ClN3O3. The van der Waals surface area contributed by atoms with Gasteiger partial charge in [0.1, 0.15) is 0 Å². The van der Waals surface area contributed by atoms with Crippen molar-refractivity contribution in [3.05, 3.63) is 52.9 Å². The second-order valence-electron chi connectivity index (χ2n) is 6.37. The third-order valence-electron chi connectivity index (χ3n) is 4.51. The van der Waals surface area contributed by atoms with E-state index in [9.17, 15) is 9.59 Å². The first-order valence-electron chi connectivity index (χ1n) is 8.64. The van der Waals surface area contributed by atoms with Crippen molar-refractivity contribution >= 4 is 29.1 Å². The molecule has 2 heterocycles. The van der Waals surface area contributed by atoms with Gasteiger partial charge in [0.05, 0.1) is 6.26 Å². The molecule has 1 aliphatic rings. The lowest BCUT2D eigenvalue weighted by Gasteiger charge is -2.34. The quantitative estimate of drug-likeness (QED) is 0.872. The first kappa shape index (κ1) is 18.5. The first-order chi connectivity index (χ1) is 12.5. The average molecular weight is 376 g/mol. The number of benzene rings is 1. The molecule has 1 aromatic heterocycles. The molecule has 0 atom stereocenters. The summed E-state index contributed by atoms with van der Waals surface area (Å²) in [6.07, 6.45) is 1.92. The van der Waals surface area contributed by atoms with Gasteiger partial charge < -0.3 is 14.6 Å². The van der Waals surface area contributed by atoms with Crippen LogP contribution in [0, 0.1) is 6.92 Å². The van der Waals surface area contributed by atoms with E-state index in [4.69, 9.17) is 16.0 Å². The Bertz CT molecular complexity index is 768. The lowest BCUT2D eigenvalue weighted by atomic mass is 10.2. The van der Waals surface area contributed by atoms with E-state index in [-0.39, 0.29) is 11.8 Å². The largest absolute Gasteiger partial charge is 0.459 e. The van der Waals surface area contributed by atoms with Crippen LogP contribution in [0.25, 0.3) is 0 Å². The Morgan fingerprint density at radius 2 is 1.96 bits per heavy atom. The van der Waals surface area contributed by atoms with Gasteiger partial charge in [-0.1, -0.05) is 11.6 Å². The van der Waals surface area contributed by atoms with Crippen LogP contribution >= 0.6 is 11.6 Å². The molecule has 1 saturated heterocycles. The van der Waals surface area contributed by atoms with Crippen LogP contribution in [0.1, 0.15) is 22.5 Å². The number of rotatable bonds is 5. The van der Waals surface area contributed by atoms with Gasteiger partial charge >= 0.3 is 0 Å². The van der Waals surface area contributed by atoms with Crippen molar-refractivity contribution in [1.29, 1.82) is 0 Å². The number of carbonyl (C=O) groups is 2. The predicted octanol–water partition coefficient (Wildman–Crippen LogP) is 3.03. The number of carbonyl (C=O) groups excluding carboxylic acids is 2. The molecular weight excluding hydrogens is 354 g/mol. The van der Waals surface area contributed by atoms with Crippen LogP contribution < -0.4 is 5.32 Å². The molecule has 0 aliphatic carbocycles. The number of piperazine rings is 1. The second kappa shape index (κ2) is 8.38. The van der Waals surface area contributed by atoms with Crippen LogP contribution in [0.15, 0.2) is 41.0 Å². The Morgan fingerprint density at radius 3 is 2.62 bits per heavy atom. The maximum Gasteiger partial charge on any atom is 0.289 e. The minimum absolute atomic E-state index is 0.0236. The lowest BCUT2D eigenvalue weighted by molar-refractivity contribution is -0.116. The van der Waals surface area contributed by atoms with E-state index in [1.54, 1.807) is 23.1 Å². The Balaban J connectivity index is 1.42. The van der Waals surface area contributed by atoms with Crippen LogP contribution in [0.3, 0.4) is 0 Å². The summed E-state index contributed by atoms with van der Waals surface area (Å²) in [7, 11) is 0. The molecule has 1 fully saturated rings. The highest BCUT2D eigenvalue weighted by Crippen LogP contribution is 2.19. The van der Waals surface area contributed by atoms with E-state index in [0.29, 0.717) is 36.8 Å². The van der Waals surface area contributed by atoms with E-state index in [0.717, 1.165) is 24.3 Å². The molecule has 7 heteroatoms. The van der Waals surface area contributed by atoms with Gasteiger partial charge in [-0.2, -0.15) is 0 Å². The summed E-state index contributed by atoms with van der Waals surface area (Å²) in [5.74, 6) is 0.270. The smallest absolute Gasteiger partial charge is 0.289 e. The second-order valence-corrected chi connectivity index (χ2v) is 6.80. The third-order valence-corrected chi connectivity index (χ3v) is 4.74. The van der Waals surface area contributed by atoms with E-state index < -0.39 is 0 Å². The molecule has 6 nitrogen and oxygen atoms in total. The fourth-order valence-electron chi connectivity index (χ4n) is 2.97. The van der Waals surface area contributed by atoms with Gasteiger partial charge in [-0.3, -0.25) is 14.5 Å². The number of hydrogen-bond donors (Lipinski definition) is 1. The number of aryl methyl sites for hydroxylation is 1. The topological polar surface area (TPSA) is 65.8 Å². The average Bonchev–Trinajstić information content (AvgIpc) is 3.17. The standard InChI is InChI=1S/C19H22ClN3O3/c1-14-13-15(20)4-5-16(14)21-18(24)6-7-22-8-10-23(11-9-22)19(25)17-3-2-12-26-17/h2-5,12-13H,6-11H2,1H3,(H,21,24). The summed E-state index contributed by atoms with van der Waals surface area (Å²) >= 11 is 5.93. The van der Waals surface area contributed by atoms with Gasteiger partial charge in [0.15, 0.2) is 5.76 Å². The Labute approximate surface area is 157 Å². The molecule has 0 bridgehead atoms.